The molecule has 0 aromatic heterocycles. The molecule has 0 spiro atoms. The normalized spacial score (nSPS) is 22.5. The highest BCUT2D eigenvalue weighted by Gasteiger charge is 2.68. The molecule has 0 radical (unpaired) electrons. The fraction of sp³-hybridized carbons (Fsp3) is 0.895. The molecule has 0 heterocycles. The lowest BCUT2D eigenvalue weighted by Crippen LogP contribution is -2.53. The number of ether oxygens (including phenoxy) is 5. The fourth-order valence-corrected chi connectivity index (χ4v) is 4.19. The van der Waals surface area contributed by atoms with Gasteiger partial charge in [-0.15, -0.1) is 8.78 Å². The van der Waals surface area contributed by atoms with Gasteiger partial charge in [0.1, 0.15) is 0 Å². The summed E-state index contributed by atoms with van der Waals surface area (Å²) in [5.74, 6) is 0. The third-order valence-corrected chi connectivity index (χ3v) is 5.07. The Morgan fingerprint density at radius 1 is 0.842 bits per heavy atom. The van der Waals surface area contributed by atoms with Crippen LogP contribution in [0.5, 0.6) is 0 Å². The number of halogens is 10. The highest BCUT2D eigenvalue weighted by Crippen LogP contribution is 2.46. The van der Waals surface area contributed by atoms with Crippen LogP contribution < -0.4 is 10.6 Å². The zero-order valence-corrected chi connectivity index (χ0v) is 20.2. The Hall–Kier alpha value is -2.28. The maximum absolute atomic E-state index is 13.6. The van der Waals surface area contributed by atoms with E-state index in [2.05, 4.69) is 34.3 Å². The lowest BCUT2D eigenvalue weighted by molar-refractivity contribution is -0.547. The molecule has 0 aromatic rings. The van der Waals surface area contributed by atoms with Gasteiger partial charge in [-0.3, -0.25) is 4.74 Å². The second-order valence-corrected chi connectivity index (χ2v) is 9.46. The summed E-state index contributed by atoms with van der Waals surface area (Å²) in [4.78, 5) is 23.4. The Labute approximate surface area is 209 Å². The molecule has 2 atom stereocenters. The maximum Gasteiger partial charge on any atom is 0.492 e. The quantitative estimate of drug-likeness (QED) is 0.225. The molecule has 1 rings (SSSR count). The Kier molecular flexibility index (Phi) is 10.9. The molecule has 1 fully saturated rings. The molecular weight excluding hydrogens is 558 g/mol. The summed E-state index contributed by atoms with van der Waals surface area (Å²) in [6.45, 7) is -1.16. The minimum atomic E-state index is -6.44. The first-order valence-electron chi connectivity index (χ1n) is 10.6. The molecule has 0 saturated heterocycles. The summed E-state index contributed by atoms with van der Waals surface area (Å²) < 4.78 is 146. The number of rotatable bonds is 13. The fourth-order valence-electron chi connectivity index (χ4n) is 4.19. The van der Waals surface area contributed by atoms with Gasteiger partial charge in [0.05, 0.1) is 0 Å². The van der Waals surface area contributed by atoms with E-state index in [9.17, 15) is 53.5 Å². The average Bonchev–Trinajstić information content (AvgIpc) is 2.67. The summed E-state index contributed by atoms with van der Waals surface area (Å²) >= 11 is 0. The van der Waals surface area contributed by atoms with Crippen molar-refractivity contribution in [2.75, 3.05) is 26.9 Å². The number of hydrogen-bond donors (Lipinski definition) is 2. The van der Waals surface area contributed by atoms with Gasteiger partial charge < -0.3 is 20.1 Å². The van der Waals surface area contributed by atoms with Crippen molar-refractivity contribution < 1.29 is 77.2 Å². The maximum atomic E-state index is 13.6. The van der Waals surface area contributed by atoms with Crippen LogP contribution in [-0.4, -0.2) is 69.7 Å². The number of carbonyl (C=O) groups is 2. The third kappa shape index (κ3) is 10.8. The van der Waals surface area contributed by atoms with Crippen LogP contribution in [0.4, 0.5) is 53.5 Å². The number of alkyl halides is 10. The number of nitrogens with one attached hydrogen (secondary N) is 2. The van der Waals surface area contributed by atoms with E-state index >= 15 is 0 Å². The van der Waals surface area contributed by atoms with Gasteiger partial charge in [0.25, 0.3) is 0 Å². The van der Waals surface area contributed by atoms with Gasteiger partial charge in [-0.25, -0.2) is 27.8 Å². The molecule has 224 valence electrons. The number of hydrogen-bond acceptors (Lipinski definition) is 7. The van der Waals surface area contributed by atoms with Crippen LogP contribution in [0, 0.1) is 10.8 Å². The molecule has 1 aliphatic carbocycles. The average molecular weight is 584 g/mol. The zero-order chi connectivity index (χ0) is 29.6. The van der Waals surface area contributed by atoms with Gasteiger partial charge in [-0.1, -0.05) is 20.8 Å². The largest absolute Gasteiger partial charge is 0.492 e. The lowest BCUT2D eigenvalue weighted by atomic mass is 9.62. The first-order valence-corrected chi connectivity index (χ1v) is 10.6. The highest BCUT2D eigenvalue weighted by molar-refractivity contribution is 5.68. The Morgan fingerprint density at radius 2 is 1.42 bits per heavy atom. The first-order chi connectivity index (χ1) is 17.1. The summed E-state index contributed by atoms with van der Waals surface area (Å²) in [5, 5.41) is 4.52. The first kappa shape index (κ1) is 33.7. The minimum Gasteiger partial charge on any atom is -0.440 e. The predicted molar refractivity (Wildman–Crippen MR) is 103 cm³/mol. The Bertz CT molecular complexity index is 819. The van der Waals surface area contributed by atoms with Crippen molar-refractivity contribution in [1.29, 1.82) is 0 Å². The Balaban J connectivity index is 2.70. The van der Waals surface area contributed by atoms with Crippen LogP contribution in [0.25, 0.3) is 0 Å². The van der Waals surface area contributed by atoms with E-state index < -0.39 is 74.0 Å². The highest BCUT2D eigenvalue weighted by atomic mass is 19.3. The molecular formula is C19H26F10N2O7. The molecule has 19 heteroatoms. The molecule has 2 amide bonds. The second-order valence-electron chi connectivity index (χ2n) is 9.46. The van der Waals surface area contributed by atoms with Crippen LogP contribution in [0.3, 0.4) is 0 Å². The van der Waals surface area contributed by atoms with Crippen molar-refractivity contribution in [3.05, 3.63) is 0 Å². The van der Waals surface area contributed by atoms with Gasteiger partial charge in [0.2, 0.25) is 6.86 Å². The smallest absolute Gasteiger partial charge is 0.440 e. The van der Waals surface area contributed by atoms with Gasteiger partial charge >= 0.3 is 36.8 Å². The van der Waals surface area contributed by atoms with E-state index in [1.807, 2.05) is 13.8 Å². The summed E-state index contributed by atoms with van der Waals surface area (Å²) in [5.41, 5.74) is -1.23. The van der Waals surface area contributed by atoms with Crippen molar-refractivity contribution in [3.8, 4) is 0 Å². The summed E-state index contributed by atoms with van der Waals surface area (Å²) in [7, 11) is 0. The van der Waals surface area contributed by atoms with Crippen molar-refractivity contribution >= 4 is 12.2 Å². The van der Waals surface area contributed by atoms with E-state index in [1.165, 1.54) is 0 Å². The van der Waals surface area contributed by atoms with Gasteiger partial charge in [0, 0.05) is 12.6 Å². The lowest BCUT2D eigenvalue weighted by Gasteiger charge is -2.46. The third-order valence-electron chi connectivity index (χ3n) is 5.07. The van der Waals surface area contributed by atoms with Gasteiger partial charge in [-0.2, -0.15) is 26.3 Å². The molecule has 2 unspecified atom stereocenters. The SMILES string of the molecule is CC1(C)CC(NC(=O)OCF)CC(C)(CNC(=O)OCC(F)(F)OC(F)(F)C(F)(F)OC(F)(F)OCF)C1. The Morgan fingerprint density at radius 3 is 1.97 bits per heavy atom. The van der Waals surface area contributed by atoms with E-state index in [4.69, 9.17) is 0 Å². The molecule has 2 N–H and O–H groups in total. The van der Waals surface area contributed by atoms with Gasteiger partial charge in [0.15, 0.2) is 13.5 Å². The van der Waals surface area contributed by atoms with Crippen LogP contribution in [0.1, 0.15) is 40.0 Å². The van der Waals surface area contributed by atoms with Gasteiger partial charge in [-0.05, 0) is 30.1 Å². The molecule has 0 bridgehead atoms. The molecule has 38 heavy (non-hydrogen) atoms. The topological polar surface area (TPSA) is 104 Å². The number of carbonyl (C=O) groups excluding carboxylic acids is 2. The summed E-state index contributed by atoms with van der Waals surface area (Å²) in [6, 6.07) is -0.535. The molecule has 0 aliphatic heterocycles. The van der Waals surface area contributed by atoms with E-state index in [-0.39, 0.29) is 13.0 Å². The summed E-state index contributed by atoms with van der Waals surface area (Å²) in [6.07, 6.45) is -25.4. The predicted octanol–water partition coefficient (Wildman–Crippen LogP) is 5.26. The molecule has 1 saturated carbocycles. The van der Waals surface area contributed by atoms with Crippen LogP contribution in [-0.2, 0) is 23.7 Å². The number of amides is 2. The molecule has 1 aliphatic rings. The molecule has 0 aromatic carbocycles. The zero-order valence-electron chi connectivity index (χ0n) is 20.2. The molecule has 9 nitrogen and oxygen atoms in total. The van der Waals surface area contributed by atoms with Crippen LogP contribution in [0.15, 0.2) is 0 Å². The van der Waals surface area contributed by atoms with E-state index in [0.717, 1.165) is 0 Å². The van der Waals surface area contributed by atoms with Crippen LogP contribution >= 0.6 is 0 Å². The van der Waals surface area contributed by atoms with Crippen LogP contribution in [0.2, 0.25) is 0 Å². The van der Waals surface area contributed by atoms with Crippen molar-refractivity contribution in [3.63, 3.8) is 0 Å². The van der Waals surface area contributed by atoms with Crippen molar-refractivity contribution in [1.82, 2.24) is 10.6 Å². The van der Waals surface area contributed by atoms with Crippen molar-refractivity contribution in [2.45, 2.75) is 70.7 Å². The van der Waals surface area contributed by atoms with Crippen molar-refractivity contribution in [2.24, 2.45) is 10.8 Å². The van der Waals surface area contributed by atoms with E-state index in [1.54, 1.807) is 6.92 Å². The minimum absolute atomic E-state index is 0.204. The van der Waals surface area contributed by atoms with E-state index in [0.29, 0.717) is 12.8 Å². The monoisotopic (exact) mass is 584 g/mol. The standard InChI is InChI=1S/C19H26F10N2O7/c1-14(2)4-11(31-13(33)35-9-20)5-15(3,6-14)7-30-12(32)34-8-16(22,23)37-17(24,25)18(26,27)38-19(28,29)36-10-21/h11H,4-10H2,1-3H3,(H,30,32)(H,31,33). The second kappa shape index (κ2) is 12.3. The number of alkyl carbamates (subject to hydrolysis) is 2.